The van der Waals surface area contributed by atoms with Crippen molar-refractivity contribution in [2.24, 2.45) is 0 Å². The Hall–Kier alpha value is -1.35. The molecule has 1 aromatic carbocycles. The molecule has 0 spiro atoms. The highest BCUT2D eigenvalue weighted by Crippen LogP contribution is 2.25. The van der Waals surface area contributed by atoms with Gasteiger partial charge in [0.1, 0.15) is 0 Å². The van der Waals surface area contributed by atoms with Crippen molar-refractivity contribution in [1.82, 2.24) is 0 Å². The summed E-state index contributed by atoms with van der Waals surface area (Å²) in [4.78, 5) is 24.0. The molecule has 1 heterocycles. The van der Waals surface area contributed by atoms with E-state index in [9.17, 15) is 9.59 Å². The standard InChI is InChI=1S/C12H12ClNO2/c13-11-7-10(5-4-9(11)8-15)14-6-2-1-3-12(14)16/h4-5,7-8H,1-3,6H2. The molecule has 1 fully saturated rings. The van der Waals surface area contributed by atoms with Crippen LogP contribution in [0.25, 0.3) is 0 Å². The molecule has 2 rings (SSSR count). The van der Waals surface area contributed by atoms with Crippen molar-refractivity contribution >= 4 is 29.5 Å². The predicted molar refractivity (Wildman–Crippen MR) is 63.0 cm³/mol. The fourth-order valence-corrected chi connectivity index (χ4v) is 2.08. The smallest absolute Gasteiger partial charge is 0.226 e. The number of aldehydes is 1. The van der Waals surface area contributed by atoms with E-state index in [1.807, 2.05) is 0 Å². The molecule has 16 heavy (non-hydrogen) atoms. The van der Waals surface area contributed by atoms with Crippen molar-refractivity contribution in [1.29, 1.82) is 0 Å². The molecule has 84 valence electrons. The van der Waals surface area contributed by atoms with E-state index in [0.717, 1.165) is 25.1 Å². The largest absolute Gasteiger partial charge is 0.312 e. The van der Waals surface area contributed by atoms with Gasteiger partial charge in [-0.25, -0.2) is 0 Å². The second-order valence-electron chi connectivity index (χ2n) is 3.83. The van der Waals surface area contributed by atoms with Crippen LogP contribution < -0.4 is 4.90 Å². The molecule has 1 saturated heterocycles. The van der Waals surface area contributed by atoms with Gasteiger partial charge in [0.25, 0.3) is 0 Å². The van der Waals surface area contributed by atoms with Gasteiger partial charge in [0.2, 0.25) is 5.91 Å². The van der Waals surface area contributed by atoms with Gasteiger partial charge in [0.15, 0.2) is 6.29 Å². The summed E-state index contributed by atoms with van der Waals surface area (Å²) >= 11 is 5.93. The monoisotopic (exact) mass is 237 g/mol. The van der Waals surface area contributed by atoms with Gasteiger partial charge < -0.3 is 4.90 Å². The molecule has 1 amide bonds. The van der Waals surface area contributed by atoms with Gasteiger partial charge in [-0.15, -0.1) is 0 Å². The molecule has 0 radical (unpaired) electrons. The first-order valence-electron chi connectivity index (χ1n) is 5.27. The number of piperidine rings is 1. The van der Waals surface area contributed by atoms with Crippen LogP contribution in [0.15, 0.2) is 18.2 Å². The van der Waals surface area contributed by atoms with E-state index in [4.69, 9.17) is 11.6 Å². The van der Waals surface area contributed by atoms with Gasteiger partial charge in [-0.05, 0) is 31.0 Å². The first-order valence-corrected chi connectivity index (χ1v) is 5.65. The van der Waals surface area contributed by atoms with Crippen LogP contribution >= 0.6 is 11.6 Å². The van der Waals surface area contributed by atoms with Gasteiger partial charge in [-0.2, -0.15) is 0 Å². The molecular formula is C12H12ClNO2. The van der Waals surface area contributed by atoms with Gasteiger partial charge in [0, 0.05) is 24.2 Å². The molecule has 0 atom stereocenters. The van der Waals surface area contributed by atoms with Crippen LogP contribution in [0.3, 0.4) is 0 Å². The van der Waals surface area contributed by atoms with Crippen molar-refractivity contribution in [3.05, 3.63) is 28.8 Å². The van der Waals surface area contributed by atoms with Crippen LogP contribution in [0.1, 0.15) is 29.6 Å². The summed E-state index contributed by atoms with van der Waals surface area (Å²) in [5, 5.41) is 0.394. The Balaban J connectivity index is 2.29. The van der Waals surface area contributed by atoms with E-state index in [2.05, 4.69) is 0 Å². The lowest BCUT2D eigenvalue weighted by molar-refractivity contribution is -0.119. The highest BCUT2D eigenvalue weighted by Gasteiger charge is 2.19. The zero-order valence-corrected chi connectivity index (χ0v) is 9.54. The summed E-state index contributed by atoms with van der Waals surface area (Å²) in [6.07, 6.45) is 3.27. The Morgan fingerprint density at radius 2 is 2.12 bits per heavy atom. The molecule has 3 nitrogen and oxygen atoms in total. The van der Waals surface area contributed by atoms with Crippen LogP contribution in [0.5, 0.6) is 0 Å². The van der Waals surface area contributed by atoms with Crippen LogP contribution in [-0.4, -0.2) is 18.7 Å². The summed E-state index contributed by atoms with van der Waals surface area (Å²) < 4.78 is 0. The fourth-order valence-electron chi connectivity index (χ4n) is 1.86. The number of rotatable bonds is 2. The number of halogens is 1. The van der Waals surface area contributed by atoms with Gasteiger partial charge in [-0.3, -0.25) is 9.59 Å². The quantitative estimate of drug-likeness (QED) is 0.742. The maximum absolute atomic E-state index is 11.7. The minimum Gasteiger partial charge on any atom is -0.312 e. The zero-order valence-electron chi connectivity index (χ0n) is 8.78. The maximum atomic E-state index is 11.7. The normalized spacial score (nSPS) is 16.3. The fraction of sp³-hybridized carbons (Fsp3) is 0.333. The van der Waals surface area contributed by atoms with E-state index >= 15 is 0 Å². The lowest BCUT2D eigenvalue weighted by atomic mass is 10.1. The van der Waals surface area contributed by atoms with E-state index in [1.54, 1.807) is 23.1 Å². The second kappa shape index (κ2) is 4.66. The number of benzene rings is 1. The number of nitrogens with zero attached hydrogens (tertiary/aromatic N) is 1. The number of hydrogen-bond acceptors (Lipinski definition) is 2. The maximum Gasteiger partial charge on any atom is 0.226 e. The summed E-state index contributed by atoms with van der Waals surface area (Å²) in [6, 6.07) is 5.08. The van der Waals surface area contributed by atoms with Crippen LogP contribution in [-0.2, 0) is 4.79 Å². The number of carbonyl (C=O) groups is 2. The van der Waals surface area contributed by atoms with E-state index < -0.39 is 0 Å². The first-order chi connectivity index (χ1) is 7.72. The van der Waals surface area contributed by atoms with E-state index in [0.29, 0.717) is 23.3 Å². The highest BCUT2D eigenvalue weighted by molar-refractivity contribution is 6.33. The topological polar surface area (TPSA) is 37.4 Å². The molecule has 1 aromatic rings. The van der Waals surface area contributed by atoms with Gasteiger partial charge >= 0.3 is 0 Å². The Bertz CT molecular complexity index is 431. The number of amides is 1. The van der Waals surface area contributed by atoms with Gasteiger partial charge in [0.05, 0.1) is 5.02 Å². The molecule has 0 aliphatic carbocycles. The van der Waals surface area contributed by atoms with Crippen LogP contribution in [0.4, 0.5) is 5.69 Å². The Kier molecular flexibility index (Phi) is 3.25. The molecule has 0 bridgehead atoms. The summed E-state index contributed by atoms with van der Waals surface area (Å²) in [6.45, 7) is 0.732. The molecular weight excluding hydrogens is 226 g/mol. The van der Waals surface area contributed by atoms with Crippen molar-refractivity contribution in [2.45, 2.75) is 19.3 Å². The second-order valence-corrected chi connectivity index (χ2v) is 4.23. The molecule has 0 aromatic heterocycles. The lowest BCUT2D eigenvalue weighted by Gasteiger charge is -2.27. The van der Waals surface area contributed by atoms with Crippen LogP contribution in [0, 0.1) is 0 Å². The minimum absolute atomic E-state index is 0.126. The number of carbonyl (C=O) groups excluding carboxylic acids is 2. The molecule has 0 N–H and O–H groups in total. The highest BCUT2D eigenvalue weighted by atomic mass is 35.5. The molecule has 1 aliphatic rings. The van der Waals surface area contributed by atoms with Crippen LogP contribution in [0.2, 0.25) is 5.02 Å². The molecule has 0 saturated carbocycles. The summed E-state index contributed by atoms with van der Waals surface area (Å²) in [5.74, 6) is 0.126. The first kappa shape index (κ1) is 11.1. The molecule has 4 heteroatoms. The molecule has 0 unspecified atom stereocenters. The Labute approximate surface area is 99.0 Å². The SMILES string of the molecule is O=Cc1ccc(N2CCCCC2=O)cc1Cl. The number of hydrogen-bond donors (Lipinski definition) is 0. The summed E-state index contributed by atoms with van der Waals surface area (Å²) in [7, 11) is 0. The third-order valence-corrected chi connectivity index (χ3v) is 3.07. The van der Waals surface area contributed by atoms with Crippen molar-refractivity contribution in [3.63, 3.8) is 0 Å². The average Bonchev–Trinajstić information content (AvgIpc) is 2.29. The Morgan fingerprint density at radius 3 is 2.75 bits per heavy atom. The van der Waals surface area contributed by atoms with Crippen molar-refractivity contribution in [3.8, 4) is 0 Å². The summed E-state index contributed by atoms with van der Waals surface area (Å²) in [5.41, 5.74) is 1.23. The predicted octanol–water partition coefficient (Wildman–Crippen LogP) is 2.67. The van der Waals surface area contributed by atoms with Crippen molar-refractivity contribution < 1.29 is 9.59 Å². The van der Waals surface area contributed by atoms with E-state index in [-0.39, 0.29) is 5.91 Å². The lowest BCUT2D eigenvalue weighted by Crippen LogP contribution is -2.35. The third kappa shape index (κ3) is 2.09. The molecule has 1 aliphatic heterocycles. The Morgan fingerprint density at radius 1 is 1.31 bits per heavy atom. The zero-order chi connectivity index (χ0) is 11.5. The van der Waals surface area contributed by atoms with Gasteiger partial charge in [-0.1, -0.05) is 11.6 Å². The minimum atomic E-state index is 0.126. The number of anilines is 1. The average molecular weight is 238 g/mol. The third-order valence-electron chi connectivity index (χ3n) is 2.75. The van der Waals surface area contributed by atoms with Crippen molar-refractivity contribution in [2.75, 3.05) is 11.4 Å². The van der Waals surface area contributed by atoms with E-state index in [1.165, 1.54) is 0 Å².